The van der Waals surface area contributed by atoms with E-state index in [1.54, 1.807) is 0 Å². The molecule has 0 atom stereocenters. The van der Waals surface area contributed by atoms with Crippen LogP contribution in [0.5, 0.6) is 5.88 Å². The van der Waals surface area contributed by atoms with Gasteiger partial charge >= 0.3 is 5.97 Å². The van der Waals surface area contributed by atoms with Gasteiger partial charge in [0.1, 0.15) is 11.3 Å². The summed E-state index contributed by atoms with van der Waals surface area (Å²) in [5.41, 5.74) is 4.58. The molecule has 0 saturated carbocycles. The van der Waals surface area contributed by atoms with E-state index < -0.39 is 0 Å². The molecule has 0 saturated heterocycles. The van der Waals surface area contributed by atoms with Crippen molar-refractivity contribution in [2.24, 2.45) is 0 Å². The molecule has 0 aliphatic carbocycles. The van der Waals surface area contributed by atoms with Crippen molar-refractivity contribution < 1.29 is 9.53 Å². The zero-order valence-electron chi connectivity index (χ0n) is 12.3. The molecule has 0 spiro atoms. The van der Waals surface area contributed by atoms with E-state index in [-0.39, 0.29) is 5.97 Å². The van der Waals surface area contributed by atoms with E-state index in [0.29, 0.717) is 11.6 Å². The lowest BCUT2D eigenvalue weighted by molar-refractivity contribution is -0.132. The first-order valence-electron chi connectivity index (χ1n) is 6.79. The smallest absolute Gasteiger partial charge is 0.309 e. The molecule has 4 nitrogen and oxygen atoms in total. The Balaban J connectivity index is 2.31. The van der Waals surface area contributed by atoms with Crippen molar-refractivity contribution in [3.8, 4) is 17.1 Å². The third-order valence-electron chi connectivity index (χ3n) is 3.36. The summed E-state index contributed by atoms with van der Waals surface area (Å²) in [7, 11) is 0. The van der Waals surface area contributed by atoms with Gasteiger partial charge in [0.05, 0.1) is 0 Å². The largest absolute Gasteiger partial charge is 0.407 e. The number of hydrogen-bond donors (Lipinski definition) is 0. The first kappa shape index (κ1) is 13.4. The third kappa shape index (κ3) is 2.40. The lowest BCUT2D eigenvalue weighted by atomic mass is 10.1. The van der Waals surface area contributed by atoms with Crippen LogP contribution in [-0.2, 0) is 4.79 Å². The monoisotopic (exact) mass is 280 g/mol. The number of ether oxygens (including phenoxy) is 1. The Hall–Kier alpha value is -2.62. The molecule has 0 radical (unpaired) electrons. The normalized spacial score (nSPS) is 10.8. The van der Waals surface area contributed by atoms with Crippen molar-refractivity contribution >= 4 is 11.6 Å². The van der Waals surface area contributed by atoms with E-state index in [9.17, 15) is 4.79 Å². The summed E-state index contributed by atoms with van der Waals surface area (Å²) in [6.45, 7) is 5.41. The van der Waals surface area contributed by atoms with Crippen LogP contribution in [0.4, 0.5) is 0 Å². The highest BCUT2D eigenvalue weighted by Gasteiger charge is 2.18. The maximum atomic E-state index is 11.4. The maximum absolute atomic E-state index is 11.4. The number of fused-ring (bicyclic) bond motifs is 1. The molecule has 1 aromatic carbocycles. The first-order chi connectivity index (χ1) is 10.1. The van der Waals surface area contributed by atoms with Gasteiger partial charge in [-0.05, 0) is 31.0 Å². The molecule has 0 aliphatic rings. The molecule has 2 heterocycles. The van der Waals surface area contributed by atoms with Crippen LogP contribution in [0, 0.1) is 13.8 Å². The number of benzene rings is 1. The number of carbonyl (C=O) groups is 1. The Labute approximate surface area is 123 Å². The summed E-state index contributed by atoms with van der Waals surface area (Å²) in [5.74, 6) is 0.114. The summed E-state index contributed by atoms with van der Waals surface area (Å²) >= 11 is 0. The van der Waals surface area contributed by atoms with Crippen LogP contribution in [0.2, 0.25) is 0 Å². The van der Waals surface area contributed by atoms with Gasteiger partial charge in [-0.1, -0.05) is 30.3 Å². The molecular weight excluding hydrogens is 264 g/mol. The number of pyridine rings is 1. The standard InChI is InChI=1S/C17H16N2O2/c1-11-8-9-15-18-16(14-7-5-4-6-12(14)2)17(19(15)10-11)21-13(3)20/h4-10H,1-3H3. The van der Waals surface area contributed by atoms with E-state index >= 15 is 0 Å². The zero-order valence-corrected chi connectivity index (χ0v) is 12.3. The van der Waals surface area contributed by atoms with Gasteiger partial charge in [0, 0.05) is 18.7 Å². The summed E-state index contributed by atoms with van der Waals surface area (Å²) in [6, 6.07) is 11.8. The first-order valence-corrected chi connectivity index (χ1v) is 6.79. The van der Waals surface area contributed by atoms with E-state index in [1.165, 1.54) is 6.92 Å². The van der Waals surface area contributed by atoms with Crippen LogP contribution in [0.1, 0.15) is 18.1 Å². The second-order valence-corrected chi connectivity index (χ2v) is 5.11. The third-order valence-corrected chi connectivity index (χ3v) is 3.36. The van der Waals surface area contributed by atoms with E-state index in [4.69, 9.17) is 4.74 Å². The van der Waals surface area contributed by atoms with Crippen LogP contribution in [0.15, 0.2) is 42.6 Å². The minimum atomic E-state index is -0.354. The predicted octanol–water partition coefficient (Wildman–Crippen LogP) is 3.54. The fraction of sp³-hybridized carbons (Fsp3) is 0.176. The molecule has 0 aliphatic heterocycles. The second kappa shape index (κ2) is 5.05. The average Bonchev–Trinajstić information content (AvgIpc) is 2.77. The lowest BCUT2D eigenvalue weighted by Crippen LogP contribution is -2.05. The van der Waals surface area contributed by atoms with Gasteiger partial charge in [-0.3, -0.25) is 9.20 Å². The van der Waals surface area contributed by atoms with Gasteiger partial charge in [-0.25, -0.2) is 4.98 Å². The van der Waals surface area contributed by atoms with Crippen molar-refractivity contribution in [2.45, 2.75) is 20.8 Å². The fourth-order valence-electron chi connectivity index (χ4n) is 2.38. The molecular formula is C17H16N2O2. The van der Waals surface area contributed by atoms with E-state index in [0.717, 1.165) is 22.3 Å². The van der Waals surface area contributed by atoms with Crippen molar-refractivity contribution in [1.29, 1.82) is 0 Å². The van der Waals surface area contributed by atoms with Gasteiger partial charge in [0.15, 0.2) is 0 Å². The molecule has 0 amide bonds. The van der Waals surface area contributed by atoms with Crippen LogP contribution in [0.3, 0.4) is 0 Å². The summed E-state index contributed by atoms with van der Waals surface area (Å²) < 4.78 is 7.24. The van der Waals surface area contributed by atoms with Crippen LogP contribution in [-0.4, -0.2) is 15.4 Å². The minimum absolute atomic E-state index is 0.354. The molecule has 0 N–H and O–H groups in total. The highest BCUT2D eigenvalue weighted by molar-refractivity contribution is 5.77. The number of rotatable bonds is 2. The van der Waals surface area contributed by atoms with Gasteiger partial charge in [0.2, 0.25) is 5.88 Å². The van der Waals surface area contributed by atoms with Crippen molar-refractivity contribution in [1.82, 2.24) is 9.38 Å². The Morgan fingerprint density at radius 2 is 1.90 bits per heavy atom. The number of aryl methyl sites for hydroxylation is 2. The van der Waals surface area contributed by atoms with Crippen LogP contribution < -0.4 is 4.74 Å². The number of nitrogens with zero attached hydrogens (tertiary/aromatic N) is 2. The second-order valence-electron chi connectivity index (χ2n) is 5.11. The molecule has 0 unspecified atom stereocenters. The van der Waals surface area contributed by atoms with Gasteiger partial charge in [-0.15, -0.1) is 0 Å². The summed E-state index contributed by atoms with van der Waals surface area (Å²) in [5, 5.41) is 0. The van der Waals surface area contributed by atoms with Gasteiger partial charge in [0.25, 0.3) is 0 Å². The number of esters is 1. The van der Waals surface area contributed by atoms with Crippen molar-refractivity contribution in [2.75, 3.05) is 0 Å². The van der Waals surface area contributed by atoms with Crippen LogP contribution >= 0.6 is 0 Å². The maximum Gasteiger partial charge on any atom is 0.309 e. The molecule has 4 heteroatoms. The minimum Gasteiger partial charge on any atom is -0.407 e. The average molecular weight is 280 g/mol. The highest BCUT2D eigenvalue weighted by Crippen LogP contribution is 2.33. The number of hydrogen-bond acceptors (Lipinski definition) is 3. The van der Waals surface area contributed by atoms with Gasteiger partial charge < -0.3 is 4.74 Å². The molecule has 0 bridgehead atoms. The molecule has 2 aromatic heterocycles. The Bertz CT molecular complexity index is 834. The molecule has 0 fully saturated rings. The molecule has 3 aromatic rings. The van der Waals surface area contributed by atoms with Crippen molar-refractivity contribution in [3.63, 3.8) is 0 Å². The SMILES string of the molecule is CC(=O)Oc1c(-c2ccccc2C)nc2ccc(C)cn12. The van der Waals surface area contributed by atoms with Crippen LogP contribution in [0.25, 0.3) is 16.9 Å². The van der Waals surface area contributed by atoms with E-state index in [1.807, 2.05) is 60.8 Å². The quantitative estimate of drug-likeness (QED) is 0.674. The molecule has 106 valence electrons. The Kier molecular flexibility index (Phi) is 3.22. The van der Waals surface area contributed by atoms with Gasteiger partial charge in [-0.2, -0.15) is 0 Å². The predicted molar refractivity (Wildman–Crippen MR) is 81.4 cm³/mol. The Morgan fingerprint density at radius 1 is 1.14 bits per heavy atom. The number of carbonyl (C=O) groups excluding carboxylic acids is 1. The van der Waals surface area contributed by atoms with E-state index in [2.05, 4.69) is 4.98 Å². The fourth-order valence-corrected chi connectivity index (χ4v) is 2.38. The lowest BCUT2D eigenvalue weighted by Gasteiger charge is -2.06. The number of aromatic nitrogens is 2. The zero-order chi connectivity index (χ0) is 15.0. The topological polar surface area (TPSA) is 43.6 Å². The Morgan fingerprint density at radius 3 is 2.62 bits per heavy atom. The molecule has 21 heavy (non-hydrogen) atoms. The molecule has 3 rings (SSSR count). The van der Waals surface area contributed by atoms with Crippen molar-refractivity contribution in [3.05, 3.63) is 53.7 Å². The highest BCUT2D eigenvalue weighted by atomic mass is 16.5. The summed E-state index contributed by atoms with van der Waals surface area (Å²) in [4.78, 5) is 16.1. The summed E-state index contributed by atoms with van der Waals surface area (Å²) in [6.07, 6.45) is 1.92. The number of imidazole rings is 1.